The third kappa shape index (κ3) is 5.65. The highest BCUT2D eigenvalue weighted by Crippen LogP contribution is 2.50. The molecule has 0 spiro atoms. The zero-order valence-corrected chi connectivity index (χ0v) is 18.1. The van der Waals surface area contributed by atoms with E-state index in [0.717, 1.165) is 14.4 Å². The van der Waals surface area contributed by atoms with Gasteiger partial charge in [0.15, 0.2) is 0 Å². The van der Waals surface area contributed by atoms with Gasteiger partial charge in [0.2, 0.25) is 0 Å². The lowest BCUT2D eigenvalue weighted by atomic mass is 10.2. The van der Waals surface area contributed by atoms with Gasteiger partial charge in [0.05, 0.1) is 13.2 Å². The maximum absolute atomic E-state index is 11.5. The van der Waals surface area contributed by atoms with Crippen molar-refractivity contribution >= 4 is 57.9 Å². The molecule has 1 atom stereocenters. The highest BCUT2D eigenvalue weighted by atomic mass is 127. The second-order valence-corrected chi connectivity index (χ2v) is 9.89. The summed E-state index contributed by atoms with van der Waals surface area (Å²) in [4.78, 5) is 11.5. The number of methoxy groups -OCH3 is 1. The van der Waals surface area contributed by atoms with Gasteiger partial charge in [0.25, 0.3) is 6.42 Å². The van der Waals surface area contributed by atoms with Crippen LogP contribution in [0, 0.1) is 3.57 Å². The molecule has 5 nitrogen and oxygen atoms in total. The highest BCUT2D eigenvalue weighted by molar-refractivity contribution is 14.1. The minimum Gasteiger partial charge on any atom is -0.466 e. The van der Waals surface area contributed by atoms with Crippen molar-refractivity contribution in [3.8, 4) is 0 Å². The van der Waals surface area contributed by atoms with Crippen LogP contribution in [0.5, 0.6) is 0 Å². The zero-order valence-electron chi connectivity index (χ0n) is 14.3. The van der Waals surface area contributed by atoms with Crippen molar-refractivity contribution < 1.29 is 14.1 Å². The Bertz CT molecular complexity index is 883. The Balaban J connectivity index is 2.46. The molecule has 0 saturated heterocycles. The molecule has 0 aliphatic rings. The first-order valence-corrected chi connectivity index (χ1v) is 11.3. The van der Waals surface area contributed by atoms with E-state index in [1.54, 1.807) is 6.92 Å². The number of ether oxygens (including phenoxy) is 1. The first-order valence-electron chi connectivity index (χ1n) is 7.57. The molecule has 0 fully saturated rings. The fourth-order valence-corrected chi connectivity index (χ4v) is 5.01. The molecule has 1 unspecified atom stereocenters. The number of allylic oxidation sites excluding steroid dienone is 1. The Hall–Kier alpha value is -1.70. The molecule has 2 rings (SSSR count). The number of esters is 1. The monoisotopic (exact) mass is 500 g/mol. The van der Waals surface area contributed by atoms with E-state index in [2.05, 4.69) is 32.1 Å². The minimum atomic E-state index is -2.91. The molecule has 0 heterocycles. The molecule has 0 aliphatic carbocycles. The third-order valence-electron chi connectivity index (χ3n) is 3.25. The molecule has 2 aromatic rings. The van der Waals surface area contributed by atoms with E-state index in [1.807, 2.05) is 54.6 Å². The number of carbonyl (C=O) groups excluding carboxylic acids is 1. The fraction of sp³-hybridized carbons (Fsp3) is 0.111. The number of benzene rings is 2. The normalized spacial score (nSPS) is 14.4. The predicted molar refractivity (Wildman–Crippen MR) is 117 cm³/mol. The third-order valence-corrected chi connectivity index (χ3v) is 7.04. The van der Waals surface area contributed by atoms with E-state index in [9.17, 15) is 4.79 Å². The van der Waals surface area contributed by atoms with Gasteiger partial charge in [-0.05, 0) is 65.6 Å². The summed E-state index contributed by atoms with van der Waals surface area (Å²) >= 11 is 7.98. The summed E-state index contributed by atoms with van der Waals surface area (Å²) in [6.07, 6.45) is -1.67. The number of hydrogen-bond donors (Lipinski definition) is 1. The SMILES string of the molecule is COC(=O)C=C(C)OP(=S)(N=C(N)c1ccc(I)cc1)c1ccccc1. The molecule has 2 N–H and O–H groups in total. The largest absolute Gasteiger partial charge is 0.466 e. The number of nitrogens with two attached hydrogens (primary N) is 1. The summed E-state index contributed by atoms with van der Waals surface area (Å²) in [6.45, 7) is 1.64. The summed E-state index contributed by atoms with van der Waals surface area (Å²) in [5, 5.41) is 0.737. The molecule has 0 saturated carbocycles. The van der Waals surface area contributed by atoms with Crippen molar-refractivity contribution in [1.82, 2.24) is 0 Å². The Morgan fingerprint density at radius 1 is 1.19 bits per heavy atom. The van der Waals surface area contributed by atoms with E-state index >= 15 is 0 Å². The Kier molecular flexibility index (Phi) is 7.37. The topological polar surface area (TPSA) is 73.9 Å². The molecular formula is C18H18IN2O3PS. The van der Waals surface area contributed by atoms with E-state index < -0.39 is 12.4 Å². The molecule has 0 aromatic heterocycles. The van der Waals surface area contributed by atoms with Crippen molar-refractivity contribution in [2.75, 3.05) is 7.11 Å². The average molecular weight is 500 g/mol. The molecular weight excluding hydrogens is 482 g/mol. The number of rotatable bonds is 6. The summed E-state index contributed by atoms with van der Waals surface area (Å²) in [7, 11) is 1.30. The van der Waals surface area contributed by atoms with Gasteiger partial charge in [-0.3, -0.25) is 0 Å². The van der Waals surface area contributed by atoms with Gasteiger partial charge < -0.3 is 15.0 Å². The molecule has 8 heteroatoms. The van der Waals surface area contributed by atoms with Crippen LogP contribution in [0.4, 0.5) is 0 Å². The van der Waals surface area contributed by atoms with E-state index in [1.165, 1.54) is 13.2 Å². The average Bonchev–Trinajstić information content (AvgIpc) is 2.62. The molecule has 0 bridgehead atoms. The van der Waals surface area contributed by atoms with E-state index in [-0.39, 0.29) is 0 Å². The van der Waals surface area contributed by atoms with E-state index in [4.69, 9.17) is 22.1 Å². The van der Waals surface area contributed by atoms with Crippen LogP contribution >= 0.6 is 29.0 Å². The van der Waals surface area contributed by atoms with E-state index in [0.29, 0.717) is 11.6 Å². The maximum atomic E-state index is 11.5. The second-order valence-electron chi connectivity index (χ2n) is 5.22. The number of amidine groups is 1. The van der Waals surface area contributed by atoms with Gasteiger partial charge in [-0.25, -0.2) is 4.79 Å². The molecule has 0 radical (unpaired) electrons. The first-order chi connectivity index (χ1) is 12.3. The van der Waals surface area contributed by atoms with Crippen LogP contribution in [0.3, 0.4) is 0 Å². The van der Waals surface area contributed by atoms with Crippen LogP contribution in [-0.4, -0.2) is 18.9 Å². The van der Waals surface area contributed by atoms with Gasteiger partial charge >= 0.3 is 5.97 Å². The number of carbonyl (C=O) groups is 1. The molecule has 136 valence electrons. The molecule has 26 heavy (non-hydrogen) atoms. The van der Waals surface area contributed by atoms with Crippen LogP contribution in [0.1, 0.15) is 12.5 Å². The van der Waals surface area contributed by atoms with Crippen molar-refractivity contribution in [2.45, 2.75) is 6.92 Å². The van der Waals surface area contributed by atoms with Gasteiger partial charge in [-0.2, -0.15) is 4.76 Å². The zero-order chi connectivity index (χ0) is 19.2. The summed E-state index contributed by atoms with van der Waals surface area (Å²) in [5.41, 5.74) is 6.95. The summed E-state index contributed by atoms with van der Waals surface area (Å²) in [6, 6.07) is 16.9. The van der Waals surface area contributed by atoms with Crippen LogP contribution in [-0.2, 0) is 25.9 Å². The smallest absolute Gasteiger partial charge is 0.333 e. The van der Waals surface area contributed by atoms with Crippen molar-refractivity contribution in [3.63, 3.8) is 0 Å². The van der Waals surface area contributed by atoms with Crippen molar-refractivity contribution in [1.29, 1.82) is 0 Å². The maximum Gasteiger partial charge on any atom is 0.333 e. The van der Waals surface area contributed by atoms with Gasteiger partial charge in [0, 0.05) is 14.4 Å². The molecule has 0 amide bonds. The first kappa shape index (κ1) is 20.6. The highest BCUT2D eigenvalue weighted by Gasteiger charge is 2.23. The molecule has 0 aliphatic heterocycles. The van der Waals surface area contributed by atoms with Gasteiger partial charge in [0.1, 0.15) is 11.6 Å². The lowest BCUT2D eigenvalue weighted by molar-refractivity contribution is -0.135. The lowest BCUT2D eigenvalue weighted by Crippen LogP contribution is -2.16. The van der Waals surface area contributed by atoms with Crippen molar-refractivity contribution in [3.05, 3.63) is 75.6 Å². The quantitative estimate of drug-likeness (QED) is 0.125. The Labute approximate surface area is 171 Å². The Morgan fingerprint density at radius 2 is 1.81 bits per heavy atom. The van der Waals surface area contributed by atoms with Gasteiger partial charge in [-0.15, -0.1) is 0 Å². The summed E-state index contributed by atoms with van der Waals surface area (Å²) in [5.74, 6) is 0.0920. The number of nitrogens with zero attached hydrogens (tertiary/aromatic N) is 1. The van der Waals surface area contributed by atoms with Crippen LogP contribution in [0.15, 0.2) is 71.2 Å². The summed E-state index contributed by atoms with van der Waals surface area (Å²) < 4.78 is 16.2. The van der Waals surface area contributed by atoms with Crippen LogP contribution < -0.4 is 11.0 Å². The fourth-order valence-electron chi connectivity index (χ4n) is 2.01. The van der Waals surface area contributed by atoms with Gasteiger partial charge in [-0.1, -0.05) is 30.3 Å². The number of halogens is 1. The van der Waals surface area contributed by atoms with Crippen molar-refractivity contribution in [2.24, 2.45) is 10.5 Å². The van der Waals surface area contributed by atoms with Crippen LogP contribution in [0.25, 0.3) is 0 Å². The standard InChI is InChI=1S/C18H18IN2O3PS/c1-13(12-17(22)23-2)24-25(26,16-6-4-3-5-7-16)21-18(20)14-8-10-15(19)11-9-14/h3-12H,1-2H3,(H2,20,21,26). The molecule has 2 aromatic carbocycles. The Morgan fingerprint density at radius 3 is 2.38 bits per heavy atom. The van der Waals surface area contributed by atoms with Crippen LogP contribution in [0.2, 0.25) is 0 Å². The lowest BCUT2D eigenvalue weighted by Gasteiger charge is -2.20. The predicted octanol–water partition coefficient (Wildman–Crippen LogP) is 3.72. The minimum absolute atomic E-state index is 0.291. The number of hydrogen-bond acceptors (Lipinski definition) is 4. The second kappa shape index (κ2) is 9.30.